The molecule has 3 heterocycles. The Hall–Kier alpha value is -6.98. The molecule has 11 aromatic rings. The molecule has 11 rings (SSSR count). The highest BCUT2D eigenvalue weighted by Gasteiger charge is 2.18. The zero-order valence-electron chi connectivity index (χ0n) is 27.3. The molecule has 0 N–H and O–H groups in total. The van der Waals surface area contributed by atoms with E-state index < -0.39 is 0 Å². The van der Waals surface area contributed by atoms with E-state index >= 15 is 0 Å². The van der Waals surface area contributed by atoms with Gasteiger partial charge in [0.05, 0.1) is 16.6 Å². The summed E-state index contributed by atoms with van der Waals surface area (Å²) in [7, 11) is 0. The van der Waals surface area contributed by atoms with Gasteiger partial charge in [-0.05, 0) is 62.0 Å². The number of aromatic nitrogens is 5. The standard InChI is InChI=1S/C46H27N5/c1-2-12-28(13-3-1)43-48-44(29-22-24-36-33-16-5-4-14-31(33)32-15-6-7-17-34(32)39(36)26-29)50-45(49-43)30-23-25-37-35-18-8-9-19-38(35)46-47-40-20-10-11-21-41(40)51(46)42(37)27-30/h1-27H. The van der Waals surface area contributed by atoms with Crippen molar-refractivity contribution in [2.75, 3.05) is 0 Å². The molecule has 0 unspecified atom stereocenters. The third-order valence-corrected chi connectivity index (χ3v) is 10.2. The number of pyridine rings is 1. The maximum absolute atomic E-state index is 5.20. The molecule has 5 heteroatoms. The molecule has 236 valence electrons. The summed E-state index contributed by atoms with van der Waals surface area (Å²) in [5, 5.41) is 10.8. The quantitative estimate of drug-likeness (QED) is 0.179. The van der Waals surface area contributed by atoms with Crippen LogP contribution < -0.4 is 0 Å². The van der Waals surface area contributed by atoms with Crippen molar-refractivity contribution in [1.82, 2.24) is 24.3 Å². The Morgan fingerprint density at radius 3 is 1.43 bits per heavy atom. The second kappa shape index (κ2) is 10.8. The van der Waals surface area contributed by atoms with Crippen molar-refractivity contribution >= 4 is 70.7 Å². The maximum Gasteiger partial charge on any atom is 0.164 e. The lowest BCUT2D eigenvalue weighted by atomic mass is 9.93. The second-order valence-electron chi connectivity index (χ2n) is 13.1. The van der Waals surface area contributed by atoms with Gasteiger partial charge in [0.15, 0.2) is 17.5 Å². The van der Waals surface area contributed by atoms with Crippen LogP contribution in [0.25, 0.3) is 105 Å². The molecule has 0 radical (unpaired) electrons. The van der Waals surface area contributed by atoms with Gasteiger partial charge in [-0.3, -0.25) is 4.40 Å². The third kappa shape index (κ3) is 4.22. The Balaban J connectivity index is 1.18. The van der Waals surface area contributed by atoms with Gasteiger partial charge >= 0.3 is 0 Å². The van der Waals surface area contributed by atoms with Gasteiger partial charge in [0.2, 0.25) is 0 Å². The zero-order chi connectivity index (χ0) is 33.5. The monoisotopic (exact) mass is 649 g/mol. The molecule has 0 amide bonds. The van der Waals surface area contributed by atoms with E-state index in [1.165, 1.54) is 37.7 Å². The normalized spacial score (nSPS) is 11.9. The van der Waals surface area contributed by atoms with E-state index in [9.17, 15) is 0 Å². The molecule has 0 spiro atoms. The second-order valence-corrected chi connectivity index (χ2v) is 13.1. The van der Waals surface area contributed by atoms with Crippen LogP contribution in [0.5, 0.6) is 0 Å². The molecule has 0 aliphatic rings. The minimum absolute atomic E-state index is 0.620. The number of benzene rings is 8. The summed E-state index contributed by atoms with van der Waals surface area (Å²) < 4.78 is 2.27. The summed E-state index contributed by atoms with van der Waals surface area (Å²) in [5.41, 5.74) is 6.82. The number of nitrogens with zero attached hydrogens (tertiary/aromatic N) is 5. The molecule has 0 aliphatic carbocycles. The van der Waals surface area contributed by atoms with Gasteiger partial charge in [-0.1, -0.05) is 140 Å². The Kier molecular flexibility index (Phi) is 5.89. The first-order chi connectivity index (χ1) is 25.3. The number of fused-ring (bicyclic) bond motifs is 14. The van der Waals surface area contributed by atoms with E-state index in [2.05, 4.69) is 144 Å². The molecule has 0 saturated carbocycles. The Morgan fingerprint density at radius 2 is 0.765 bits per heavy atom. The number of rotatable bonds is 3. The molecule has 0 saturated heterocycles. The van der Waals surface area contributed by atoms with Crippen molar-refractivity contribution in [2.24, 2.45) is 0 Å². The summed E-state index contributed by atoms with van der Waals surface area (Å²) >= 11 is 0. The minimum Gasteiger partial charge on any atom is -0.292 e. The van der Waals surface area contributed by atoms with Gasteiger partial charge in [-0.15, -0.1) is 0 Å². The molecular weight excluding hydrogens is 623 g/mol. The lowest BCUT2D eigenvalue weighted by Gasteiger charge is -2.13. The van der Waals surface area contributed by atoms with E-state index in [1.54, 1.807) is 0 Å². The number of imidazole rings is 1. The number of para-hydroxylation sites is 2. The van der Waals surface area contributed by atoms with Crippen LogP contribution in [-0.4, -0.2) is 24.3 Å². The van der Waals surface area contributed by atoms with Crippen LogP contribution in [0.3, 0.4) is 0 Å². The molecule has 0 bridgehead atoms. The number of hydrogen-bond donors (Lipinski definition) is 0. The van der Waals surface area contributed by atoms with E-state index in [-0.39, 0.29) is 0 Å². The molecule has 0 aliphatic heterocycles. The first-order valence-electron chi connectivity index (χ1n) is 17.2. The van der Waals surface area contributed by atoms with Crippen LogP contribution in [0.15, 0.2) is 164 Å². The van der Waals surface area contributed by atoms with E-state index in [1.807, 2.05) is 24.3 Å². The van der Waals surface area contributed by atoms with Crippen LogP contribution in [0.1, 0.15) is 0 Å². The Morgan fingerprint density at radius 1 is 0.294 bits per heavy atom. The smallest absolute Gasteiger partial charge is 0.164 e. The third-order valence-electron chi connectivity index (χ3n) is 10.2. The molecule has 3 aromatic heterocycles. The van der Waals surface area contributed by atoms with Crippen LogP contribution in [-0.2, 0) is 0 Å². The van der Waals surface area contributed by atoms with Crippen LogP contribution in [0.4, 0.5) is 0 Å². The average Bonchev–Trinajstić information content (AvgIpc) is 3.61. The van der Waals surface area contributed by atoms with Gasteiger partial charge in [-0.25, -0.2) is 19.9 Å². The van der Waals surface area contributed by atoms with E-state index in [0.29, 0.717) is 17.5 Å². The minimum atomic E-state index is 0.620. The van der Waals surface area contributed by atoms with Crippen molar-refractivity contribution < 1.29 is 0 Å². The van der Waals surface area contributed by atoms with Gasteiger partial charge in [-0.2, -0.15) is 0 Å². The molecular formula is C46H27N5. The van der Waals surface area contributed by atoms with Crippen LogP contribution in [0, 0.1) is 0 Å². The predicted octanol–water partition coefficient (Wildman–Crippen LogP) is 11.4. The lowest BCUT2D eigenvalue weighted by molar-refractivity contribution is 1.07. The average molecular weight is 650 g/mol. The van der Waals surface area contributed by atoms with Crippen LogP contribution >= 0.6 is 0 Å². The summed E-state index contributed by atoms with van der Waals surface area (Å²) in [4.78, 5) is 20.5. The van der Waals surface area contributed by atoms with Crippen molar-refractivity contribution in [3.05, 3.63) is 164 Å². The van der Waals surface area contributed by atoms with Crippen molar-refractivity contribution in [3.63, 3.8) is 0 Å². The summed E-state index contributed by atoms with van der Waals surface area (Å²) in [6.45, 7) is 0. The molecule has 51 heavy (non-hydrogen) atoms. The fourth-order valence-electron chi connectivity index (χ4n) is 7.84. The largest absolute Gasteiger partial charge is 0.292 e. The number of hydrogen-bond acceptors (Lipinski definition) is 4. The van der Waals surface area contributed by atoms with Crippen molar-refractivity contribution in [2.45, 2.75) is 0 Å². The highest BCUT2D eigenvalue weighted by molar-refractivity contribution is 6.25. The lowest BCUT2D eigenvalue weighted by Crippen LogP contribution is -2.01. The van der Waals surface area contributed by atoms with E-state index in [4.69, 9.17) is 19.9 Å². The predicted molar refractivity (Wildman–Crippen MR) is 210 cm³/mol. The van der Waals surface area contributed by atoms with Gasteiger partial charge < -0.3 is 0 Å². The molecule has 0 atom stereocenters. The molecule has 8 aromatic carbocycles. The fourth-order valence-corrected chi connectivity index (χ4v) is 7.84. The first-order valence-corrected chi connectivity index (χ1v) is 17.2. The molecule has 5 nitrogen and oxygen atoms in total. The van der Waals surface area contributed by atoms with E-state index in [0.717, 1.165) is 49.7 Å². The molecule has 0 fully saturated rings. The van der Waals surface area contributed by atoms with Crippen molar-refractivity contribution in [1.29, 1.82) is 0 Å². The van der Waals surface area contributed by atoms with Gasteiger partial charge in [0, 0.05) is 27.5 Å². The summed E-state index contributed by atoms with van der Waals surface area (Å²) in [6, 6.07) is 57.4. The highest BCUT2D eigenvalue weighted by Crippen LogP contribution is 2.38. The summed E-state index contributed by atoms with van der Waals surface area (Å²) in [6.07, 6.45) is 0. The van der Waals surface area contributed by atoms with Crippen LogP contribution in [0.2, 0.25) is 0 Å². The first kappa shape index (κ1) is 27.9. The maximum atomic E-state index is 5.20. The fraction of sp³-hybridized carbons (Fsp3) is 0. The Bertz CT molecular complexity index is 3160. The summed E-state index contributed by atoms with van der Waals surface area (Å²) in [5.74, 6) is 1.89. The zero-order valence-corrected chi connectivity index (χ0v) is 27.3. The van der Waals surface area contributed by atoms with Gasteiger partial charge in [0.25, 0.3) is 0 Å². The topological polar surface area (TPSA) is 56.0 Å². The SMILES string of the molecule is c1ccc(-c2nc(-c3ccc4c5ccccc5c5ccccc5c4c3)nc(-c3ccc4c5ccccc5c5nc6ccccc6n5c4c3)n2)cc1. The van der Waals surface area contributed by atoms with Crippen molar-refractivity contribution in [3.8, 4) is 34.2 Å². The van der Waals surface area contributed by atoms with Gasteiger partial charge in [0.1, 0.15) is 5.65 Å². The Labute approximate surface area is 292 Å². The highest BCUT2D eigenvalue weighted by atomic mass is 15.0.